The number of benzene rings is 1. The van der Waals surface area contributed by atoms with Gasteiger partial charge < -0.3 is 4.74 Å². The third-order valence-corrected chi connectivity index (χ3v) is 5.50. The van der Waals surface area contributed by atoms with Crippen molar-refractivity contribution in [2.45, 2.75) is 89.3 Å². The fourth-order valence-electron chi connectivity index (χ4n) is 3.19. The molecule has 0 spiro atoms. The van der Waals surface area contributed by atoms with Crippen LogP contribution in [0.2, 0.25) is 0 Å². The average molecular weight is 397 g/mol. The Morgan fingerprint density at radius 3 is 2.04 bits per heavy atom. The van der Waals surface area contributed by atoms with E-state index in [0.29, 0.717) is 5.92 Å². The van der Waals surface area contributed by atoms with E-state index < -0.39 is 0 Å². The van der Waals surface area contributed by atoms with Gasteiger partial charge in [0, 0.05) is 4.32 Å². The van der Waals surface area contributed by atoms with Crippen molar-refractivity contribution in [2.24, 2.45) is 5.92 Å². The highest BCUT2D eigenvalue weighted by molar-refractivity contribution is 9.10. The van der Waals surface area contributed by atoms with Crippen LogP contribution in [0.3, 0.4) is 0 Å². The molecule has 0 aromatic heterocycles. The van der Waals surface area contributed by atoms with Crippen molar-refractivity contribution in [3.8, 4) is 5.75 Å². The lowest BCUT2D eigenvalue weighted by Gasteiger charge is -2.29. The number of para-hydroxylation sites is 1. The molecule has 0 amide bonds. The zero-order valence-corrected chi connectivity index (χ0v) is 17.6. The SMILES string of the molecule is CCCCCCCCCCC(CCOc1ccccc1)C(C)(C)Br. The molecule has 24 heavy (non-hydrogen) atoms. The van der Waals surface area contributed by atoms with Gasteiger partial charge in [-0.15, -0.1) is 0 Å². The van der Waals surface area contributed by atoms with Crippen LogP contribution in [0.5, 0.6) is 5.75 Å². The molecule has 0 saturated carbocycles. The highest BCUT2D eigenvalue weighted by Gasteiger charge is 2.25. The Morgan fingerprint density at radius 2 is 1.46 bits per heavy atom. The molecule has 1 aromatic carbocycles. The van der Waals surface area contributed by atoms with E-state index in [1.807, 2.05) is 30.3 Å². The van der Waals surface area contributed by atoms with Gasteiger partial charge in [-0.1, -0.05) is 92.4 Å². The third-order valence-electron chi connectivity index (χ3n) is 4.86. The fourth-order valence-corrected chi connectivity index (χ4v) is 3.65. The van der Waals surface area contributed by atoms with Crippen LogP contribution >= 0.6 is 15.9 Å². The van der Waals surface area contributed by atoms with Crippen molar-refractivity contribution < 1.29 is 4.74 Å². The van der Waals surface area contributed by atoms with Crippen molar-refractivity contribution >= 4 is 15.9 Å². The molecule has 1 aromatic rings. The Kier molecular flexibility index (Phi) is 11.5. The lowest BCUT2D eigenvalue weighted by Crippen LogP contribution is -2.26. The third kappa shape index (κ3) is 10.4. The van der Waals surface area contributed by atoms with Crippen LogP contribution in [-0.2, 0) is 0 Å². The first-order chi connectivity index (χ1) is 11.5. The van der Waals surface area contributed by atoms with Gasteiger partial charge in [0.15, 0.2) is 0 Å². The predicted octanol–water partition coefficient (Wildman–Crippen LogP) is 7.78. The first-order valence-corrected chi connectivity index (χ1v) is 10.7. The first-order valence-electron chi connectivity index (χ1n) is 9.90. The second kappa shape index (κ2) is 12.8. The smallest absolute Gasteiger partial charge is 0.119 e. The quantitative estimate of drug-likeness (QED) is 0.230. The molecule has 0 fully saturated rings. The van der Waals surface area contributed by atoms with Gasteiger partial charge in [0.1, 0.15) is 5.75 Å². The Morgan fingerprint density at radius 1 is 0.875 bits per heavy atom. The summed E-state index contributed by atoms with van der Waals surface area (Å²) in [7, 11) is 0. The van der Waals surface area contributed by atoms with Gasteiger partial charge >= 0.3 is 0 Å². The molecule has 1 atom stereocenters. The average Bonchev–Trinajstić information content (AvgIpc) is 2.55. The number of hydrogen-bond donors (Lipinski definition) is 0. The zero-order chi connectivity index (χ0) is 17.7. The number of unbranched alkanes of at least 4 members (excludes halogenated alkanes) is 7. The van der Waals surface area contributed by atoms with Crippen LogP contribution < -0.4 is 4.74 Å². The molecule has 0 bridgehead atoms. The summed E-state index contributed by atoms with van der Waals surface area (Å²) in [5.74, 6) is 1.65. The topological polar surface area (TPSA) is 9.23 Å². The van der Waals surface area contributed by atoms with Crippen LogP contribution in [0.4, 0.5) is 0 Å². The fraction of sp³-hybridized carbons (Fsp3) is 0.727. The molecule has 1 unspecified atom stereocenters. The Hall–Kier alpha value is -0.500. The molecule has 0 aliphatic heterocycles. The molecule has 1 rings (SSSR count). The van der Waals surface area contributed by atoms with Crippen LogP contribution in [0.15, 0.2) is 30.3 Å². The van der Waals surface area contributed by atoms with E-state index >= 15 is 0 Å². The molecule has 0 saturated heterocycles. The predicted molar refractivity (Wildman–Crippen MR) is 110 cm³/mol. The maximum Gasteiger partial charge on any atom is 0.119 e. The van der Waals surface area contributed by atoms with Crippen LogP contribution in [0.25, 0.3) is 0 Å². The van der Waals surface area contributed by atoms with E-state index in [1.54, 1.807) is 0 Å². The number of rotatable bonds is 14. The van der Waals surface area contributed by atoms with Gasteiger partial charge in [-0.3, -0.25) is 0 Å². The first kappa shape index (κ1) is 21.5. The van der Waals surface area contributed by atoms with Gasteiger partial charge in [-0.2, -0.15) is 0 Å². The summed E-state index contributed by atoms with van der Waals surface area (Å²) in [4.78, 5) is 0. The zero-order valence-electron chi connectivity index (χ0n) is 16.0. The molecular formula is C22H37BrO. The molecule has 138 valence electrons. The summed E-state index contributed by atoms with van der Waals surface area (Å²) in [6, 6.07) is 10.2. The van der Waals surface area contributed by atoms with E-state index in [4.69, 9.17) is 4.74 Å². The summed E-state index contributed by atoms with van der Waals surface area (Å²) in [5, 5.41) is 0. The van der Waals surface area contributed by atoms with Crippen molar-refractivity contribution in [2.75, 3.05) is 6.61 Å². The summed E-state index contributed by atoms with van der Waals surface area (Å²) < 4.78 is 6.08. The highest BCUT2D eigenvalue weighted by Crippen LogP contribution is 2.33. The number of hydrogen-bond acceptors (Lipinski definition) is 1. The maximum atomic E-state index is 5.89. The van der Waals surface area contributed by atoms with Crippen molar-refractivity contribution in [1.82, 2.24) is 0 Å². The number of halogens is 1. The van der Waals surface area contributed by atoms with Crippen LogP contribution in [-0.4, -0.2) is 10.9 Å². The standard InChI is InChI=1S/C22H37BrO/c1-4-5-6-7-8-9-10-12-15-20(22(2,3)23)18-19-24-21-16-13-11-14-17-21/h11,13-14,16-17,20H,4-10,12,15,18-19H2,1-3H3. The lowest BCUT2D eigenvalue weighted by atomic mass is 9.87. The normalized spacial score (nSPS) is 13.0. The molecule has 2 heteroatoms. The molecule has 0 radical (unpaired) electrons. The van der Waals surface area contributed by atoms with E-state index in [0.717, 1.165) is 18.8 Å². The minimum absolute atomic E-state index is 0.189. The molecule has 0 aliphatic carbocycles. The molecule has 1 nitrogen and oxygen atoms in total. The van der Waals surface area contributed by atoms with Crippen molar-refractivity contribution in [1.29, 1.82) is 0 Å². The number of ether oxygens (including phenoxy) is 1. The van der Waals surface area contributed by atoms with E-state index in [2.05, 4.69) is 36.7 Å². The summed E-state index contributed by atoms with van der Waals surface area (Å²) in [6.07, 6.45) is 13.5. The van der Waals surface area contributed by atoms with Gasteiger partial charge in [0.05, 0.1) is 6.61 Å². The Labute approximate surface area is 158 Å². The monoisotopic (exact) mass is 396 g/mol. The van der Waals surface area contributed by atoms with Crippen LogP contribution in [0.1, 0.15) is 85.0 Å². The molecule has 0 N–H and O–H groups in total. The maximum absolute atomic E-state index is 5.89. The second-order valence-electron chi connectivity index (χ2n) is 7.48. The summed E-state index contributed by atoms with van der Waals surface area (Å²) in [5.41, 5.74) is 0. The second-order valence-corrected chi connectivity index (χ2v) is 9.52. The Bertz CT molecular complexity index is 396. The molecule has 0 heterocycles. The van der Waals surface area contributed by atoms with Gasteiger partial charge in [0.2, 0.25) is 0 Å². The molecular weight excluding hydrogens is 360 g/mol. The van der Waals surface area contributed by atoms with E-state index in [-0.39, 0.29) is 4.32 Å². The number of alkyl halides is 1. The summed E-state index contributed by atoms with van der Waals surface area (Å²) >= 11 is 3.89. The van der Waals surface area contributed by atoms with Crippen molar-refractivity contribution in [3.05, 3.63) is 30.3 Å². The minimum atomic E-state index is 0.189. The Balaban J connectivity index is 2.18. The largest absolute Gasteiger partial charge is 0.494 e. The van der Waals surface area contributed by atoms with E-state index in [1.165, 1.54) is 57.8 Å². The molecule has 0 aliphatic rings. The minimum Gasteiger partial charge on any atom is -0.494 e. The summed E-state index contributed by atoms with van der Waals surface area (Å²) in [6.45, 7) is 7.68. The van der Waals surface area contributed by atoms with Gasteiger partial charge in [0.25, 0.3) is 0 Å². The highest BCUT2D eigenvalue weighted by atomic mass is 79.9. The van der Waals surface area contributed by atoms with E-state index in [9.17, 15) is 0 Å². The van der Waals surface area contributed by atoms with Gasteiger partial charge in [-0.25, -0.2) is 0 Å². The van der Waals surface area contributed by atoms with Gasteiger partial charge in [-0.05, 0) is 44.7 Å². The lowest BCUT2D eigenvalue weighted by molar-refractivity contribution is 0.250. The van der Waals surface area contributed by atoms with Crippen LogP contribution in [0, 0.1) is 5.92 Å². The van der Waals surface area contributed by atoms with Crippen molar-refractivity contribution in [3.63, 3.8) is 0 Å².